The molecule has 0 aliphatic carbocycles. The van der Waals surface area contributed by atoms with Gasteiger partial charge in [0.25, 0.3) is 0 Å². The highest BCUT2D eigenvalue weighted by Gasteiger charge is 2.34. The minimum atomic E-state index is -0.0224. The molecule has 3 atom stereocenters. The molecule has 7 nitrogen and oxygen atoms in total. The summed E-state index contributed by atoms with van der Waals surface area (Å²) in [4.78, 5) is 5.03. The summed E-state index contributed by atoms with van der Waals surface area (Å²) >= 11 is 0. The van der Waals surface area contributed by atoms with Crippen LogP contribution >= 0.6 is 0 Å². The molecule has 3 unspecified atom stereocenters. The zero-order valence-corrected chi connectivity index (χ0v) is 22.1. The zero-order valence-electron chi connectivity index (χ0n) is 22.1. The molecular formula is C29H40N2O5. The van der Waals surface area contributed by atoms with Crippen molar-refractivity contribution in [3.63, 3.8) is 0 Å². The van der Waals surface area contributed by atoms with Crippen molar-refractivity contribution in [2.45, 2.75) is 31.8 Å². The van der Waals surface area contributed by atoms with E-state index in [2.05, 4.69) is 35.4 Å². The van der Waals surface area contributed by atoms with E-state index in [0.717, 1.165) is 36.6 Å². The van der Waals surface area contributed by atoms with Gasteiger partial charge in [-0.25, -0.2) is 0 Å². The predicted octanol–water partition coefficient (Wildman–Crippen LogP) is 4.96. The maximum absolute atomic E-state index is 6.25. The third-order valence-corrected chi connectivity index (χ3v) is 7.18. The molecule has 0 radical (unpaired) electrons. The van der Waals surface area contributed by atoms with Crippen LogP contribution in [0, 0.1) is 5.92 Å². The van der Waals surface area contributed by atoms with Crippen LogP contribution in [-0.4, -0.2) is 71.7 Å². The van der Waals surface area contributed by atoms with E-state index in [1.54, 1.807) is 21.3 Å². The zero-order chi connectivity index (χ0) is 25.5. The fourth-order valence-electron chi connectivity index (χ4n) is 5.10. The van der Waals surface area contributed by atoms with Gasteiger partial charge in [0.15, 0.2) is 11.5 Å². The molecule has 0 amide bonds. The SMILES string of the molecule is C=CC(C)COCC(CN1c2ccccc2OCC1c1cc(OC)c(OC)c(OC)c1)N1CCCC1. The van der Waals surface area contributed by atoms with E-state index in [1.165, 1.54) is 12.8 Å². The average molecular weight is 497 g/mol. The van der Waals surface area contributed by atoms with Crippen molar-refractivity contribution < 1.29 is 23.7 Å². The third-order valence-electron chi connectivity index (χ3n) is 7.18. The molecule has 0 saturated carbocycles. The number of hydrogen-bond acceptors (Lipinski definition) is 7. The molecule has 0 N–H and O–H groups in total. The first-order valence-electron chi connectivity index (χ1n) is 12.8. The molecule has 36 heavy (non-hydrogen) atoms. The Hall–Kier alpha value is -2.90. The Morgan fingerprint density at radius 2 is 1.72 bits per heavy atom. The Balaban J connectivity index is 1.68. The average Bonchev–Trinajstić information content (AvgIpc) is 3.46. The Bertz CT molecular complexity index is 982. The van der Waals surface area contributed by atoms with Crippen LogP contribution in [0.3, 0.4) is 0 Å². The van der Waals surface area contributed by atoms with Crippen LogP contribution in [0.2, 0.25) is 0 Å². The lowest BCUT2D eigenvalue weighted by atomic mass is 10.0. The van der Waals surface area contributed by atoms with Crippen LogP contribution in [0.5, 0.6) is 23.0 Å². The van der Waals surface area contributed by atoms with E-state index in [1.807, 2.05) is 30.3 Å². The fraction of sp³-hybridized carbons (Fsp3) is 0.517. The molecule has 2 heterocycles. The Labute approximate surface area is 215 Å². The molecule has 4 rings (SSSR count). The lowest BCUT2D eigenvalue weighted by molar-refractivity contribution is 0.0594. The summed E-state index contributed by atoms with van der Waals surface area (Å²) < 4.78 is 29.3. The number of hydrogen-bond donors (Lipinski definition) is 0. The molecule has 2 aromatic carbocycles. The van der Waals surface area contributed by atoms with E-state index in [-0.39, 0.29) is 12.1 Å². The van der Waals surface area contributed by atoms with Gasteiger partial charge in [0, 0.05) is 6.54 Å². The molecule has 1 saturated heterocycles. The number of nitrogens with zero attached hydrogens (tertiary/aromatic N) is 2. The highest BCUT2D eigenvalue weighted by molar-refractivity contribution is 5.63. The minimum absolute atomic E-state index is 0.0224. The second-order valence-corrected chi connectivity index (χ2v) is 9.55. The van der Waals surface area contributed by atoms with Gasteiger partial charge in [-0.05, 0) is 61.7 Å². The van der Waals surface area contributed by atoms with Gasteiger partial charge < -0.3 is 28.6 Å². The van der Waals surface area contributed by atoms with Gasteiger partial charge in [-0.2, -0.15) is 0 Å². The fourth-order valence-corrected chi connectivity index (χ4v) is 5.10. The van der Waals surface area contributed by atoms with Gasteiger partial charge >= 0.3 is 0 Å². The first kappa shape index (κ1) is 26.2. The molecule has 0 bridgehead atoms. The molecular weight excluding hydrogens is 456 g/mol. The number of rotatable bonds is 12. The Morgan fingerprint density at radius 3 is 2.36 bits per heavy atom. The third kappa shape index (κ3) is 5.73. The van der Waals surface area contributed by atoms with Gasteiger partial charge in [0.05, 0.1) is 52.3 Å². The van der Waals surface area contributed by atoms with Crippen molar-refractivity contribution in [1.82, 2.24) is 4.90 Å². The van der Waals surface area contributed by atoms with Crippen molar-refractivity contribution in [1.29, 1.82) is 0 Å². The van der Waals surface area contributed by atoms with Crippen LogP contribution < -0.4 is 23.8 Å². The topological polar surface area (TPSA) is 52.6 Å². The van der Waals surface area contributed by atoms with Crippen molar-refractivity contribution >= 4 is 5.69 Å². The molecule has 1 fully saturated rings. The summed E-state index contributed by atoms with van der Waals surface area (Å²) in [5.41, 5.74) is 2.14. The predicted molar refractivity (Wildman–Crippen MR) is 143 cm³/mol. The smallest absolute Gasteiger partial charge is 0.203 e. The van der Waals surface area contributed by atoms with Gasteiger partial charge in [-0.3, -0.25) is 4.90 Å². The number of ether oxygens (including phenoxy) is 5. The van der Waals surface area contributed by atoms with Gasteiger partial charge in [0.2, 0.25) is 5.75 Å². The second-order valence-electron chi connectivity index (χ2n) is 9.55. The number of methoxy groups -OCH3 is 3. The van der Waals surface area contributed by atoms with Crippen LogP contribution in [0.4, 0.5) is 5.69 Å². The monoisotopic (exact) mass is 496 g/mol. The van der Waals surface area contributed by atoms with Crippen LogP contribution in [0.1, 0.15) is 31.4 Å². The van der Waals surface area contributed by atoms with Crippen molar-refractivity contribution in [2.75, 3.05) is 65.7 Å². The lowest BCUT2D eigenvalue weighted by Crippen LogP contribution is -2.49. The molecule has 0 aromatic heterocycles. The van der Waals surface area contributed by atoms with E-state index in [0.29, 0.717) is 43.0 Å². The Kier molecular flexibility index (Phi) is 8.99. The standard InChI is InChI=1S/C29H40N2O5/c1-6-21(2)18-35-19-23(30-13-9-10-14-30)17-31-24-11-7-8-12-26(24)36-20-25(31)22-15-27(32-3)29(34-5)28(16-22)33-4/h6-8,11-12,15-16,21,23,25H,1,9-10,13-14,17-20H2,2-5H3. The molecule has 2 aliphatic heterocycles. The van der Waals surface area contributed by atoms with E-state index < -0.39 is 0 Å². The molecule has 196 valence electrons. The van der Waals surface area contributed by atoms with Crippen LogP contribution in [0.25, 0.3) is 0 Å². The first-order valence-corrected chi connectivity index (χ1v) is 12.8. The summed E-state index contributed by atoms with van der Waals surface area (Å²) in [6.45, 7) is 11.0. The van der Waals surface area contributed by atoms with Crippen molar-refractivity contribution in [2.24, 2.45) is 5.92 Å². The minimum Gasteiger partial charge on any atom is -0.493 e. The van der Waals surface area contributed by atoms with Crippen molar-refractivity contribution in [3.8, 4) is 23.0 Å². The number of benzene rings is 2. The first-order chi connectivity index (χ1) is 17.6. The second kappa shape index (κ2) is 12.4. The van der Waals surface area contributed by atoms with Crippen molar-refractivity contribution in [3.05, 3.63) is 54.6 Å². The normalized spacial score (nSPS) is 19.2. The summed E-state index contributed by atoms with van der Waals surface area (Å²) in [7, 11) is 4.92. The van der Waals surface area contributed by atoms with E-state index in [9.17, 15) is 0 Å². The van der Waals surface area contributed by atoms with Gasteiger partial charge in [-0.15, -0.1) is 6.58 Å². The lowest BCUT2D eigenvalue weighted by Gasteiger charge is -2.42. The maximum atomic E-state index is 6.25. The molecule has 2 aliphatic rings. The molecule has 7 heteroatoms. The summed E-state index contributed by atoms with van der Waals surface area (Å²) in [5, 5.41) is 0. The molecule has 2 aromatic rings. The van der Waals surface area contributed by atoms with Gasteiger partial charge in [-0.1, -0.05) is 25.1 Å². The van der Waals surface area contributed by atoms with E-state index in [4.69, 9.17) is 23.7 Å². The number of likely N-dealkylation sites (tertiary alicyclic amines) is 1. The number of anilines is 1. The highest BCUT2D eigenvalue weighted by atomic mass is 16.5. The number of fused-ring (bicyclic) bond motifs is 1. The largest absolute Gasteiger partial charge is 0.493 e. The maximum Gasteiger partial charge on any atom is 0.203 e. The number of para-hydroxylation sites is 2. The highest BCUT2D eigenvalue weighted by Crippen LogP contribution is 2.44. The summed E-state index contributed by atoms with van der Waals surface area (Å²) in [6.07, 6.45) is 4.41. The van der Waals surface area contributed by atoms with Crippen LogP contribution in [-0.2, 0) is 4.74 Å². The van der Waals surface area contributed by atoms with Crippen LogP contribution in [0.15, 0.2) is 49.1 Å². The molecule has 0 spiro atoms. The quantitative estimate of drug-likeness (QED) is 0.385. The summed E-state index contributed by atoms with van der Waals surface area (Å²) in [5.74, 6) is 3.11. The Morgan fingerprint density at radius 1 is 1.03 bits per heavy atom. The summed E-state index contributed by atoms with van der Waals surface area (Å²) in [6, 6.07) is 12.6. The van der Waals surface area contributed by atoms with E-state index >= 15 is 0 Å². The van der Waals surface area contributed by atoms with Gasteiger partial charge in [0.1, 0.15) is 12.4 Å².